The highest BCUT2D eigenvalue weighted by Gasteiger charge is 2.22. The van der Waals surface area contributed by atoms with Gasteiger partial charge in [0.25, 0.3) is 0 Å². The fourth-order valence-corrected chi connectivity index (χ4v) is 1.94. The van der Waals surface area contributed by atoms with Gasteiger partial charge < -0.3 is 20.1 Å². The van der Waals surface area contributed by atoms with E-state index in [9.17, 15) is 9.59 Å². The number of carbonyl (C=O) groups excluding carboxylic acids is 2. The van der Waals surface area contributed by atoms with E-state index < -0.39 is 11.8 Å². The molecule has 1 aromatic rings. The fourth-order valence-electron chi connectivity index (χ4n) is 1.94. The molecule has 1 fully saturated rings. The van der Waals surface area contributed by atoms with Crippen molar-refractivity contribution in [3.8, 4) is 0 Å². The van der Waals surface area contributed by atoms with Gasteiger partial charge in [0.05, 0.1) is 6.54 Å². The molecule has 0 spiro atoms. The van der Waals surface area contributed by atoms with Crippen LogP contribution >= 0.6 is 0 Å². The molecular weight excluding hydrogens is 248 g/mol. The Bertz CT molecular complexity index is 450. The Labute approximate surface area is 111 Å². The normalized spacial score (nSPS) is 15.9. The first-order chi connectivity index (χ1) is 9.16. The summed E-state index contributed by atoms with van der Waals surface area (Å²) in [4.78, 5) is 25.2. The fraction of sp³-hybridized carbons (Fsp3) is 0.583. The molecule has 1 saturated heterocycles. The number of nitrogens with zero attached hydrogens (tertiary/aromatic N) is 2. The smallest absolute Gasteiger partial charge is 0.311 e. The van der Waals surface area contributed by atoms with Gasteiger partial charge in [-0.2, -0.15) is 0 Å². The average molecular weight is 266 g/mol. The standard InChI is InChI=1S/C12H18N4O3/c1-9-7-10(15-19-9)8-14-11(17)12(18)16-5-2-3-13-4-6-16/h7,13H,2-6,8H2,1H3,(H,14,17). The van der Waals surface area contributed by atoms with E-state index in [0.29, 0.717) is 24.5 Å². The van der Waals surface area contributed by atoms with Crippen molar-refractivity contribution in [2.24, 2.45) is 0 Å². The van der Waals surface area contributed by atoms with Gasteiger partial charge in [-0.05, 0) is 19.9 Å². The molecule has 1 aromatic heterocycles. The van der Waals surface area contributed by atoms with Crippen LogP contribution in [0.25, 0.3) is 0 Å². The molecule has 0 atom stereocenters. The zero-order chi connectivity index (χ0) is 13.7. The molecule has 1 aliphatic heterocycles. The molecule has 0 saturated carbocycles. The van der Waals surface area contributed by atoms with Crippen LogP contribution in [-0.4, -0.2) is 48.0 Å². The van der Waals surface area contributed by atoms with E-state index in [1.807, 2.05) is 0 Å². The Morgan fingerprint density at radius 2 is 2.32 bits per heavy atom. The van der Waals surface area contributed by atoms with Crippen molar-refractivity contribution in [2.45, 2.75) is 19.9 Å². The molecule has 2 heterocycles. The molecule has 0 unspecified atom stereocenters. The Balaban J connectivity index is 1.83. The van der Waals surface area contributed by atoms with Crippen LogP contribution in [0.3, 0.4) is 0 Å². The molecule has 2 N–H and O–H groups in total. The molecule has 0 aliphatic carbocycles. The van der Waals surface area contributed by atoms with Gasteiger partial charge >= 0.3 is 11.8 Å². The quantitative estimate of drug-likeness (QED) is 0.699. The summed E-state index contributed by atoms with van der Waals surface area (Å²) >= 11 is 0. The second-order valence-corrected chi connectivity index (χ2v) is 4.51. The molecule has 0 aromatic carbocycles. The van der Waals surface area contributed by atoms with Crippen molar-refractivity contribution in [3.63, 3.8) is 0 Å². The maximum atomic E-state index is 11.9. The van der Waals surface area contributed by atoms with E-state index in [4.69, 9.17) is 4.52 Å². The molecule has 0 radical (unpaired) electrons. The summed E-state index contributed by atoms with van der Waals surface area (Å²) in [6.07, 6.45) is 0.863. The second kappa shape index (κ2) is 6.33. The third-order valence-electron chi connectivity index (χ3n) is 2.93. The first kappa shape index (κ1) is 13.5. The molecule has 0 bridgehead atoms. The third kappa shape index (κ3) is 3.78. The van der Waals surface area contributed by atoms with Gasteiger partial charge in [-0.15, -0.1) is 0 Å². The Hall–Kier alpha value is -1.89. The summed E-state index contributed by atoms with van der Waals surface area (Å²) in [5, 5.41) is 9.49. The summed E-state index contributed by atoms with van der Waals surface area (Å²) in [5.41, 5.74) is 0.608. The Morgan fingerprint density at radius 3 is 3.05 bits per heavy atom. The zero-order valence-electron chi connectivity index (χ0n) is 10.9. The number of hydrogen-bond donors (Lipinski definition) is 2. The van der Waals surface area contributed by atoms with Crippen molar-refractivity contribution < 1.29 is 14.1 Å². The van der Waals surface area contributed by atoms with Gasteiger partial charge in [0.1, 0.15) is 11.5 Å². The predicted molar refractivity (Wildman–Crippen MR) is 67.2 cm³/mol. The summed E-state index contributed by atoms with van der Waals surface area (Å²) in [7, 11) is 0. The number of rotatable bonds is 2. The number of aromatic nitrogens is 1. The van der Waals surface area contributed by atoms with Gasteiger partial charge in [-0.1, -0.05) is 5.16 Å². The van der Waals surface area contributed by atoms with Crippen LogP contribution in [0.1, 0.15) is 17.9 Å². The van der Waals surface area contributed by atoms with Gasteiger partial charge in [0, 0.05) is 25.7 Å². The van der Waals surface area contributed by atoms with Crippen molar-refractivity contribution in [1.82, 2.24) is 20.7 Å². The van der Waals surface area contributed by atoms with Gasteiger partial charge in [0.2, 0.25) is 0 Å². The first-order valence-corrected chi connectivity index (χ1v) is 6.37. The second-order valence-electron chi connectivity index (χ2n) is 4.51. The summed E-state index contributed by atoms with van der Waals surface area (Å²) in [6.45, 7) is 4.75. The summed E-state index contributed by atoms with van der Waals surface area (Å²) in [6, 6.07) is 1.72. The minimum atomic E-state index is -0.595. The van der Waals surface area contributed by atoms with Crippen LogP contribution in [0.5, 0.6) is 0 Å². The number of aryl methyl sites for hydroxylation is 1. The number of nitrogens with one attached hydrogen (secondary N) is 2. The van der Waals surface area contributed by atoms with E-state index in [1.165, 1.54) is 0 Å². The molecule has 2 amide bonds. The summed E-state index contributed by atoms with van der Waals surface area (Å²) in [5.74, 6) is -0.402. The van der Waals surface area contributed by atoms with Gasteiger partial charge in [0.15, 0.2) is 0 Å². The number of amides is 2. The highest BCUT2D eigenvalue weighted by molar-refractivity contribution is 6.34. The van der Waals surface area contributed by atoms with Crippen LogP contribution in [0.15, 0.2) is 10.6 Å². The lowest BCUT2D eigenvalue weighted by molar-refractivity contribution is -0.145. The molecule has 104 valence electrons. The minimum absolute atomic E-state index is 0.202. The average Bonchev–Trinajstić information content (AvgIpc) is 2.67. The predicted octanol–water partition coefficient (Wildman–Crippen LogP) is -0.579. The maximum Gasteiger partial charge on any atom is 0.311 e. The molecule has 7 nitrogen and oxygen atoms in total. The lowest BCUT2D eigenvalue weighted by Gasteiger charge is -2.18. The first-order valence-electron chi connectivity index (χ1n) is 6.37. The van der Waals surface area contributed by atoms with Crippen LogP contribution < -0.4 is 10.6 Å². The minimum Gasteiger partial charge on any atom is -0.361 e. The number of carbonyl (C=O) groups is 2. The SMILES string of the molecule is Cc1cc(CNC(=O)C(=O)N2CCCNCC2)no1. The van der Waals surface area contributed by atoms with Crippen molar-refractivity contribution >= 4 is 11.8 Å². The van der Waals surface area contributed by atoms with E-state index in [-0.39, 0.29) is 6.54 Å². The molecule has 19 heavy (non-hydrogen) atoms. The van der Waals surface area contributed by atoms with Crippen molar-refractivity contribution in [1.29, 1.82) is 0 Å². The van der Waals surface area contributed by atoms with Crippen molar-refractivity contribution in [2.75, 3.05) is 26.2 Å². The molecular formula is C12H18N4O3. The lowest BCUT2D eigenvalue weighted by Crippen LogP contribution is -2.44. The Kier molecular flexibility index (Phi) is 4.51. The molecule has 7 heteroatoms. The van der Waals surface area contributed by atoms with Crippen molar-refractivity contribution in [3.05, 3.63) is 17.5 Å². The Morgan fingerprint density at radius 1 is 1.47 bits per heavy atom. The maximum absolute atomic E-state index is 11.9. The van der Waals surface area contributed by atoms with Crippen LogP contribution in [0, 0.1) is 6.92 Å². The monoisotopic (exact) mass is 266 g/mol. The molecule has 2 rings (SSSR count). The van der Waals surface area contributed by atoms with E-state index in [0.717, 1.165) is 19.5 Å². The van der Waals surface area contributed by atoms with E-state index >= 15 is 0 Å². The summed E-state index contributed by atoms with van der Waals surface area (Å²) < 4.78 is 4.89. The topological polar surface area (TPSA) is 87.5 Å². The van der Waals surface area contributed by atoms with Crippen LogP contribution in [0.2, 0.25) is 0 Å². The zero-order valence-corrected chi connectivity index (χ0v) is 10.9. The van der Waals surface area contributed by atoms with Gasteiger partial charge in [-0.25, -0.2) is 0 Å². The van der Waals surface area contributed by atoms with E-state index in [1.54, 1.807) is 17.9 Å². The van der Waals surface area contributed by atoms with Crippen LogP contribution in [0.4, 0.5) is 0 Å². The van der Waals surface area contributed by atoms with Gasteiger partial charge in [-0.3, -0.25) is 9.59 Å². The third-order valence-corrected chi connectivity index (χ3v) is 2.93. The van der Waals surface area contributed by atoms with E-state index in [2.05, 4.69) is 15.8 Å². The largest absolute Gasteiger partial charge is 0.361 e. The lowest BCUT2D eigenvalue weighted by atomic mass is 10.3. The van der Waals surface area contributed by atoms with Crippen LogP contribution in [-0.2, 0) is 16.1 Å². The molecule has 1 aliphatic rings. The number of hydrogen-bond acceptors (Lipinski definition) is 5. The highest BCUT2D eigenvalue weighted by Crippen LogP contribution is 2.01. The highest BCUT2D eigenvalue weighted by atomic mass is 16.5.